The monoisotopic (exact) mass is 268 g/mol. The van der Waals surface area contributed by atoms with Gasteiger partial charge in [0.05, 0.1) is 0 Å². The second-order valence-electron chi connectivity index (χ2n) is 6.25. The van der Waals surface area contributed by atoms with E-state index in [1.54, 1.807) is 0 Å². The number of nitriles is 1. The summed E-state index contributed by atoms with van der Waals surface area (Å²) in [6, 6.07) is 10.3. The molecule has 0 fully saturated rings. The fourth-order valence-electron chi connectivity index (χ4n) is 2.52. The summed E-state index contributed by atoms with van der Waals surface area (Å²) in [6.07, 6.45) is 1.19. The molecule has 0 heterocycles. The van der Waals surface area contributed by atoms with Crippen molar-refractivity contribution in [3.05, 3.63) is 46.7 Å². The number of aryl methyl sites for hydroxylation is 1. The largest absolute Gasteiger partial charge is 0.383 e. The number of carbonyl (C=O) groups excluding carboxylic acids is 1. The van der Waals surface area contributed by atoms with Crippen molar-refractivity contribution >= 4 is 5.78 Å². The average Bonchev–Trinajstić information content (AvgIpc) is 2.36. The molecule has 104 valence electrons. The molecule has 2 rings (SSSR count). The van der Waals surface area contributed by atoms with Gasteiger partial charge in [-0.1, -0.05) is 43.7 Å². The Morgan fingerprint density at radius 3 is 2.50 bits per heavy atom. The van der Waals surface area contributed by atoms with Crippen LogP contribution in [0.2, 0.25) is 0 Å². The molecule has 1 N–H and O–H groups in total. The molecular weight excluding hydrogens is 248 g/mol. The van der Waals surface area contributed by atoms with Gasteiger partial charge < -0.3 is 5.32 Å². The van der Waals surface area contributed by atoms with Gasteiger partial charge >= 0.3 is 0 Å². The fourth-order valence-corrected chi connectivity index (χ4v) is 2.52. The molecule has 3 heteroatoms. The summed E-state index contributed by atoms with van der Waals surface area (Å²) in [4.78, 5) is 12.0. The van der Waals surface area contributed by atoms with Crippen LogP contribution >= 0.6 is 0 Å². The number of Topliss-reactive ketones (excluding diaryl/α,β-unsaturated/α-hetero) is 1. The lowest BCUT2D eigenvalue weighted by Crippen LogP contribution is -2.30. The second-order valence-corrected chi connectivity index (χ2v) is 6.25. The van der Waals surface area contributed by atoms with Crippen molar-refractivity contribution in [1.29, 1.82) is 5.26 Å². The second kappa shape index (κ2) is 5.50. The van der Waals surface area contributed by atoms with Crippen LogP contribution in [0.4, 0.5) is 0 Å². The van der Waals surface area contributed by atoms with Crippen LogP contribution in [0.3, 0.4) is 0 Å². The van der Waals surface area contributed by atoms with Gasteiger partial charge in [-0.15, -0.1) is 0 Å². The first kappa shape index (κ1) is 14.3. The fraction of sp³-hybridized carbons (Fsp3) is 0.412. The van der Waals surface area contributed by atoms with E-state index in [0.29, 0.717) is 18.5 Å². The van der Waals surface area contributed by atoms with Crippen molar-refractivity contribution in [2.45, 2.75) is 40.2 Å². The molecule has 0 saturated heterocycles. The van der Waals surface area contributed by atoms with E-state index >= 15 is 0 Å². The highest BCUT2D eigenvalue weighted by atomic mass is 16.1. The summed E-state index contributed by atoms with van der Waals surface area (Å²) in [5.41, 5.74) is 3.38. The van der Waals surface area contributed by atoms with Crippen molar-refractivity contribution in [3.63, 3.8) is 0 Å². The van der Waals surface area contributed by atoms with Crippen LogP contribution in [0.25, 0.3) is 0 Å². The standard InChI is InChI=1S/C17H20N2O/c1-12-4-6-13(7-5-12)11-19-15-8-17(2,3)9-16(20)14(15)10-18/h4-7,19H,8-9,11H2,1-3H3. The molecule has 1 aliphatic carbocycles. The normalized spacial score (nSPS) is 17.8. The van der Waals surface area contributed by atoms with Crippen LogP contribution in [-0.2, 0) is 11.3 Å². The third kappa shape index (κ3) is 3.27. The molecule has 0 radical (unpaired) electrons. The minimum atomic E-state index is -0.0763. The lowest BCUT2D eigenvalue weighted by Gasteiger charge is -2.30. The van der Waals surface area contributed by atoms with Gasteiger partial charge in [0.25, 0.3) is 0 Å². The highest BCUT2D eigenvalue weighted by molar-refractivity contribution is 6.01. The van der Waals surface area contributed by atoms with Crippen LogP contribution in [0, 0.1) is 23.7 Å². The first-order valence-electron chi connectivity index (χ1n) is 6.87. The van der Waals surface area contributed by atoms with Crippen molar-refractivity contribution in [3.8, 4) is 6.07 Å². The number of rotatable bonds is 3. The van der Waals surface area contributed by atoms with Crippen molar-refractivity contribution in [2.75, 3.05) is 0 Å². The van der Waals surface area contributed by atoms with E-state index in [1.165, 1.54) is 5.56 Å². The van der Waals surface area contributed by atoms with Gasteiger partial charge in [0, 0.05) is 18.7 Å². The molecule has 0 atom stereocenters. The summed E-state index contributed by atoms with van der Waals surface area (Å²) >= 11 is 0. The van der Waals surface area contributed by atoms with Gasteiger partial charge in [0.15, 0.2) is 5.78 Å². The van der Waals surface area contributed by atoms with Crippen molar-refractivity contribution in [1.82, 2.24) is 5.32 Å². The number of benzene rings is 1. The Hall–Kier alpha value is -2.08. The molecule has 0 spiro atoms. The van der Waals surface area contributed by atoms with E-state index in [9.17, 15) is 4.79 Å². The van der Waals surface area contributed by atoms with Gasteiger partial charge in [0.1, 0.15) is 11.6 Å². The van der Waals surface area contributed by atoms with Crippen LogP contribution in [-0.4, -0.2) is 5.78 Å². The lowest BCUT2D eigenvalue weighted by atomic mass is 9.76. The molecule has 1 aromatic carbocycles. The van der Waals surface area contributed by atoms with Crippen LogP contribution < -0.4 is 5.32 Å². The number of carbonyl (C=O) groups is 1. The number of ketones is 1. The molecule has 1 aliphatic rings. The molecule has 0 aromatic heterocycles. The zero-order chi connectivity index (χ0) is 14.8. The summed E-state index contributed by atoms with van der Waals surface area (Å²) in [6.45, 7) is 6.82. The van der Waals surface area contributed by atoms with Gasteiger partial charge in [-0.25, -0.2) is 0 Å². The summed E-state index contributed by atoms with van der Waals surface area (Å²) in [7, 11) is 0. The molecule has 0 unspecified atom stereocenters. The number of nitrogens with one attached hydrogen (secondary N) is 1. The van der Waals surface area contributed by atoms with Crippen molar-refractivity contribution in [2.24, 2.45) is 5.41 Å². The van der Waals surface area contributed by atoms with Gasteiger partial charge in [-0.05, 0) is 24.3 Å². The molecule has 0 bridgehead atoms. The Labute approximate surface area is 120 Å². The average molecular weight is 268 g/mol. The van der Waals surface area contributed by atoms with Gasteiger partial charge in [0.2, 0.25) is 0 Å². The first-order valence-corrected chi connectivity index (χ1v) is 6.87. The predicted octanol–water partition coefficient (Wildman–Crippen LogP) is 3.25. The zero-order valence-corrected chi connectivity index (χ0v) is 12.3. The Morgan fingerprint density at radius 1 is 1.25 bits per heavy atom. The van der Waals surface area contributed by atoms with E-state index < -0.39 is 0 Å². The van der Waals surface area contributed by atoms with Crippen LogP contribution in [0.1, 0.15) is 37.8 Å². The maximum Gasteiger partial charge on any atom is 0.175 e. The molecule has 0 aliphatic heterocycles. The number of allylic oxidation sites excluding steroid dienone is 2. The molecular formula is C17H20N2O. The maximum absolute atomic E-state index is 12.0. The Bertz CT molecular complexity index is 588. The summed E-state index contributed by atoms with van der Waals surface area (Å²) in [5.74, 6) is -0.0462. The number of hydrogen-bond donors (Lipinski definition) is 1. The summed E-state index contributed by atoms with van der Waals surface area (Å²) in [5, 5.41) is 12.4. The predicted molar refractivity (Wildman–Crippen MR) is 78.7 cm³/mol. The third-order valence-electron chi connectivity index (χ3n) is 3.61. The van der Waals surface area contributed by atoms with Gasteiger partial charge in [-0.2, -0.15) is 5.26 Å². The molecule has 1 aromatic rings. The molecule has 0 saturated carbocycles. The van der Waals surface area contributed by atoms with E-state index in [1.807, 2.05) is 0 Å². The topological polar surface area (TPSA) is 52.9 Å². The van der Waals surface area contributed by atoms with Crippen LogP contribution in [0.15, 0.2) is 35.5 Å². The lowest BCUT2D eigenvalue weighted by molar-refractivity contribution is -0.117. The van der Waals surface area contributed by atoms with E-state index in [2.05, 4.69) is 56.4 Å². The van der Waals surface area contributed by atoms with Crippen molar-refractivity contribution < 1.29 is 4.79 Å². The van der Waals surface area contributed by atoms with E-state index in [4.69, 9.17) is 5.26 Å². The quantitative estimate of drug-likeness (QED) is 0.915. The number of nitrogens with zero attached hydrogens (tertiary/aromatic N) is 1. The zero-order valence-electron chi connectivity index (χ0n) is 12.3. The maximum atomic E-state index is 12.0. The summed E-state index contributed by atoms with van der Waals surface area (Å²) < 4.78 is 0. The number of hydrogen-bond acceptors (Lipinski definition) is 3. The smallest absolute Gasteiger partial charge is 0.175 e. The van der Waals surface area contributed by atoms with E-state index in [-0.39, 0.29) is 11.2 Å². The third-order valence-corrected chi connectivity index (χ3v) is 3.61. The minimum absolute atomic E-state index is 0.0462. The SMILES string of the molecule is Cc1ccc(CNC2=C(C#N)C(=O)CC(C)(C)C2)cc1. The molecule has 0 amide bonds. The Kier molecular flexibility index (Phi) is 3.94. The van der Waals surface area contributed by atoms with E-state index in [0.717, 1.165) is 17.7 Å². The van der Waals surface area contributed by atoms with Gasteiger partial charge in [-0.3, -0.25) is 4.79 Å². The molecule has 3 nitrogen and oxygen atoms in total. The highest BCUT2D eigenvalue weighted by Crippen LogP contribution is 2.35. The first-order chi connectivity index (χ1) is 9.41. The Balaban J connectivity index is 2.15. The minimum Gasteiger partial charge on any atom is -0.383 e. The molecule has 20 heavy (non-hydrogen) atoms. The Morgan fingerprint density at radius 2 is 1.90 bits per heavy atom. The van der Waals surface area contributed by atoms with Crippen LogP contribution in [0.5, 0.6) is 0 Å². The highest BCUT2D eigenvalue weighted by Gasteiger charge is 2.32.